The molecule has 0 aliphatic carbocycles. The minimum atomic E-state index is -0.444. The molecule has 1 aromatic heterocycles. The van der Waals surface area contributed by atoms with Crippen LogP contribution in [0.3, 0.4) is 0 Å². The van der Waals surface area contributed by atoms with Crippen LogP contribution < -0.4 is 4.74 Å². The lowest BCUT2D eigenvalue weighted by molar-refractivity contribution is -0.385. The monoisotopic (exact) mass is 320 g/mol. The average Bonchev–Trinajstić information content (AvgIpc) is 3.05. The SMILES string of the molecule is COCCN(CCOc1ccccc1[N+](=O)[O-])Cc1ccco1. The Bertz CT molecular complexity index is 600. The van der Waals surface area contributed by atoms with Crippen LogP contribution >= 0.6 is 0 Å². The van der Waals surface area contributed by atoms with Crippen LogP contribution in [0.4, 0.5) is 5.69 Å². The molecule has 124 valence electrons. The Kier molecular flexibility index (Phi) is 6.58. The van der Waals surface area contributed by atoms with Gasteiger partial charge in [0.15, 0.2) is 5.75 Å². The first-order valence-electron chi connectivity index (χ1n) is 7.30. The Balaban J connectivity index is 1.89. The summed E-state index contributed by atoms with van der Waals surface area (Å²) in [6, 6.07) is 10.1. The maximum absolute atomic E-state index is 11.0. The van der Waals surface area contributed by atoms with Gasteiger partial charge in [0.2, 0.25) is 0 Å². The first kappa shape index (κ1) is 17.0. The van der Waals surface area contributed by atoms with E-state index in [4.69, 9.17) is 13.9 Å². The minimum Gasteiger partial charge on any atom is -0.485 e. The van der Waals surface area contributed by atoms with Crippen LogP contribution in [0.15, 0.2) is 47.1 Å². The molecule has 7 nitrogen and oxygen atoms in total. The molecule has 0 aliphatic heterocycles. The van der Waals surface area contributed by atoms with Crippen molar-refractivity contribution < 1.29 is 18.8 Å². The first-order chi connectivity index (χ1) is 11.2. The second-order valence-corrected chi connectivity index (χ2v) is 4.92. The van der Waals surface area contributed by atoms with Gasteiger partial charge in [0.25, 0.3) is 0 Å². The van der Waals surface area contributed by atoms with Gasteiger partial charge in [0, 0.05) is 26.3 Å². The van der Waals surface area contributed by atoms with E-state index in [0.29, 0.717) is 26.3 Å². The summed E-state index contributed by atoms with van der Waals surface area (Å²) in [7, 11) is 1.65. The predicted molar refractivity (Wildman–Crippen MR) is 84.5 cm³/mol. The second kappa shape index (κ2) is 8.92. The highest BCUT2D eigenvalue weighted by molar-refractivity contribution is 5.45. The van der Waals surface area contributed by atoms with Gasteiger partial charge in [-0.05, 0) is 18.2 Å². The maximum atomic E-state index is 11.0. The number of nitrogens with zero attached hydrogens (tertiary/aromatic N) is 2. The fourth-order valence-corrected chi connectivity index (χ4v) is 2.13. The number of para-hydroxylation sites is 2. The van der Waals surface area contributed by atoms with Crippen molar-refractivity contribution in [3.05, 3.63) is 58.5 Å². The van der Waals surface area contributed by atoms with Crippen molar-refractivity contribution in [2.75, 3.05) is 33.4 Å². The van der Waals surface area contributed by atoms with Crippen LogP contribution in [-0.4, -0.2) is 43.2 Å². The molecule has 23 heavy (non-hydrogen) atoms. The molecule has 7 heteroatoms. The molecule has 1 heterocycles. The summed E-state index contributed by atoms with van der Waals surface area (Å²) in [5.41, 5.74) is -0.0259. The molecule has 0 aliphatic rings. The number of benzene rings is 1. The zero-order chi connectivity index (χ0) is 16.5. The topological polar surface area (TPSA) is 78.0 Å². The summed E-state index contributed by atoms with van der Waals surface area (Å²) < 4.78 is 16.0. The maximum Gasteiger partial charge on any atom is 0.310 e. The van der Waals surface area contributed by atoms with E-state index in [-0.39, 0.29) is 11.4 Å². The summed E-state index contributed by atoms with van der Waals surface area (Å²) in [4.78, 5) is 12.6. The van der Waals surface area contributed by atoms with Crippen LogP contribution in [0, 0.1) is 10.1 Å². The number of hydrogen-bond acceptors (Lipinski definition) is 6. The van der Waals surface area contributed by atoms with Crippen molar-refractivity contribution in [1.29, 1.82) is 0 Å². The third-order valence-electron chi connectivity index (χ3n) is 3.30. The van der Waals surface area contributed by atoms with Crippen LogP contribution in [0.5, 0.6) is 5.75 Å². The molecule has 0 spiro atoms. The highest BCUT2D eigenvalue weighted by Gasteiger charge is 2.14. The lowest BCUT2D eigenvalue weighted by Gasteiger charge is -2.20. The summed E-state index contributed by atoms with van der Waals surface area (Å²) in [6.45, 7) is 2.89. The first-order valence-corrected chi connectivity index (χ1v) is 7.30. The minimum absolute atomic E-state index is 0.0259. The van der Waals surface area contributed by atoms with E-state index < -0.39 is 4.92 Å². The quantitative estimate of drug-likeness (QED) is 0.495. The molecule has 0 amide bonds. The molecule has 0 saturated heterocycles. The number of ether oxygens (including phenoxy) is 2. The smallest absolute Gasteiger partial charge is 0.310 e. The van der Waals surface area contributed by atoms with E-state index in [2.05, 4.69) is 4.90 Å². The van der Waals surface area contributed by atoms with Gasteiger partial charge in [0.1, 0.15) is 12.4 Å². The second-order valence-electron chi connectivity index (χ2n) is 4.92. The molecule has 0 radical (unpaired) electrons. The molecular weight excluding hydrogens is 300 g/mol. The van der Waals surface area contributed by atoms with Crippen molar-refractivity contribution >= 4 is 5.69 Å². The Morgan fingerprint density at radius 1 is 1.17 bits per heavy atom. The number of hydrogen-bond donors (Lipinski definition) is 0. The molecule has 0 fully saturated rings. The molecule has 0 unspecified atom stereocenters. The van der Waals surface area contributed by atoms with E-state index in [1.165, 1.54) is 6.07 Å². The average molecular weight is 320 g/mol. The fraction of sp³-hybridized carbons (Fsp3) is 0.375. The zero-order valence-electron chi connectivity index (χ0n) is 13.0. The zero-order valence-corrected chi connectivity index (χ0v) is 13.0. The molecule has 0 N–H and O–H groups in total. The Morgan fingerprint density at radius 2 is 1.96 bits per heavy atom. The summed E-state index contributed by atoms with van der Waals surface area (Å²) in [5, 5.41) is 11.0. The molecule has 1 aromatic carbocycles. The van der Waals surface area contributed by atoms with Gasteiger partial charge in [-0.1, -0.05) is 12.1 Å². The van der Waals surface area contributed by atoms with Gasteiger partial charge in [-0.2, -0.15) is 0 Å². The molecular formula is C16H20N2O5. The Morgan fingerprint density at radius 3 is 2.65 bits per heavy atom. The van der Waals surface area contributed by atoms with E-state index in [1.54, 1.807) is 31.6 Å². The van der Waals surface area contributed by atoms with E-state index in [1.807, 2.05) is 12.1 Å². The Labute approximate surface area is 134 Å². The van der Waals surface area contributed by atoms with Crippen molar-refractivity contribution in [3.8, 4) is 5.75 Å². The highest BCUT2D eigenvalue weighted by Crippen LogP contribution is 2.25. The molecule has 2 rings (SSSR count). The summed E-state index contributed by atoms with van der Waals surface area (Å²) in [5.74, 6) is 1.13. The largest absolute Gasteiger partial charge is 0.485 e. The van der Waals surface area contributed by atoms with Crippen LogP contribution in [0.1, 0.15) is 5.76 Å². The normalized spacial score (nSPS) is 10.9. The van der Waals surface area contributed by atoms with Gasteiger partial charge in [-0.3, -0.25) is 15.0 Å². The van der Waals surface area contributed by atoms with Crippen molar-refractivity contribution in [2.45, 2.75) is 6.54 Å². The van der Waals surface area contributed by atoms with E-state index >= 15 is 0 Å². The van der Waals surface area contributed by atoms with Gasteiger partial charge in [-0.25, -0.2) is 0 Å². The number of furan rings is 1. The van der Waals surface area contributed by atoms with Crippen LogP contribution in [-0.2, 0) is 11.3 Å². The molecule has 0 saturated carbocycles. The molecule has 0 bridgehead atoms. The number of methoxy groups -OCH3 is 1. The Hall–Kier alpha value is -2.38. The van der Waals surface area contributed by atoms with Gasteiger partial charge >= 0.3 is 5.69 Å². The van der Waals surface area contributed by atoms with Crippen LogP contribution in [0.2, 0.25) is 0 Å². The van der Waals surface area contributed by atoms with Crippen LogP contribution in [0.25, 0.3) is 0 Å². The van der Waals surface area contributed by atoms with E-state index in [0.717, 1.165) is 12.3 Å². The molecule has 2 aromatic rings. The number of rotatable bonds is 10. The van der Waals surface area contributed by atoms with Gasteiger partial charge < -0.3 is 13.9 Å². The standard InChI is InChI=1S/C16H20N2O5/c1-21-11-8-17(13-14-5-4-10-22-14)9-12-23-16-7-3-2-6-15(16)18(19)20/h2-7,10H,8-9,11-13H2,1H3. The highest BCUT2D eigenvalue weighted by atomic mass is 16.6. The van der Waals surface area contributed by atoms with Gasteiger partial charge in [0.05, 0.1) is 24.3 Å². The third-order valence-corrected chi connectivity index (χ3v) is 3.30. The molecule has 0 atom stereocenters. The van der Waals surface area contributed by atoms with Crippen molar-refractivity contribution in [1.82, 2.24) is 4.90 Å². The number of nitro groups is 1. The van der Waals surface area contributed by atoms with Gasteiger partial charge in [-0.15, -0.1) is 0 Å². The lowest BCUT2D eigenvalue weighted by Crippen LogP contribution is -2.31. The third kappa shape index (κ3) is 5.39. The van der Waals surface area contributed by atoms with Crippen molar-refractivity contribution in [2.24, 2.45) is 0 Å². The van der Waals surface area contributed by atoms with Crippen molar-refractivity contribution in [3.63, 3.8) is 0 Å². The summed E-state index contributed by atoms with van der Waals surface area (Å²) in [6.07, 6.45) is 1.63. The summed E-state index contributed by atoms with van der Waals surface area (Å²) >= 11 is 0. The number of nitro benzene ring substituents is 1. The fourth-order valence-electron chi connectivity index (χ4n) is 2.13. The predicted octanol–water partition coefficient (Wildman–Crippen LogP) is 2.72. The van der Waals surface area contributed by atoms with E-state index in [9.17, 15) is 10.1 Å². The lowest BCUT2D eigenvalue weighted by atomic mass is 10.3.